The van der Waals surface area contributed by atoms with Gasteiger partial charge in [0.2, 0.25) is 0 Å². The molecular weight excluding hydrogens is 229 g/mol. The van der Waals surface area contributed by atoms with Crippen molar-refractivity contribution < 1.29 is 8.81 Å². The molecule has 0 bridgehead atoms. The van der Waals surface area contributed by atoms with Gasteiger partial charge in [0, 0.05) is 18.2 Å². The lowest BCUT2D eigenvalue weighted by molar-refractivity contribution is 0.537. The van der Waals surface area contributed by atoms with Gasteiger partial charge in [-0.25, -0.2) is 4.39 Å². The summed E-state index contributed by atoms with van der Waals surface area (Å²) in [5.41, 5.74) is 3.61. The fraction of sp³-hybridized carbons (Fsp3) is 0.333. The maximum absolute atomic E-state index is 13.5. The van der Waals surface area contributed by atoms with E-state index < -0.39 is 0 Å². The first-order valence-corrected chi connectivity index (χ1v) is 6.09. The van der Waals surface area contributed by atoms with Crippen LogP contribution in [0.4, 0.5) is 4.39 Å². The summed E-state index contributed by atoms with van der Waals surface area (Å²) >= 11 is 0. The predicted octanol–water partition coefficient (Wildman–Crippen LogP) is 3.89. The summed E-state index contributed by atoms with van der Waals surface area (Å²) in [7, 11) is 0. The van der Waals surface area contributed by atoms with E-state index in [1.54, 1.807) is 26.4 Å². The lowest BCUT2D eigenvalue weighted by Crippen LogP contribution is -2.17. The van der Waals surface area contributed by atoms with Gasteiger partial charge in [-0.05, 0) is 43.5 Å². The normalized spacial score (nSPS) is 12.7. The van der Waals surface area contributed by atoms with Crippen molar-refractivity contribution in [1.29, 1.82) is 0 Å². The summed E-state index contributed by atoms with van der Waals surface area (Å²) in [5.74, 6) is -0.110. The van der Waals surface area contributed by atoms with Crippen molar-refractivity contribution in [2.45, 2.75) is 33.4 Å². The Hall–Kier alpha value is -1.61. The van der Waals surface area contributed by atoms with Crippen molar-refractivity contribution in [3.05, 3.63) is 58.8 Å². The van der Waals surface area contributed by atoms with Gasteiger partial charge in [-0.2, -0.15) is 0 Å². The Kier molecular flexibility index (Phi) is 3.82. The van der Waals surface area contributed by atoms with Gasteiger partial charge < -0.3 is 9.73 Å². The molecule has 0 aliphatic carbocycles. The summed E-state index contributed by atoms with van der Waals surface area (Å²) < 4.78 is 18.6. The van der Waals surface area contributed by atoms with Gasteiger partial charge in [-0.15, -0.1) is 0 Å². The molecule has 0 amide bonds. The molecule has 2 rings (SSSR count). The van der Waals surface area contributed by atoms with E-state index in [-0.39, 0.29) is 11.9 Å². The molecule has 18 heavy (non-hydrogen) atoms. The number of hydrogen-bond donors (Lipinski definition) is 1. The van der Waals surface area contributed by atoms with Gasteiger partial charge in [-0.3, -0.25) is 0 Å². The molecule has 0 fully saturated rings. The van der Waals surface area contributed by atoms with Crippen LogP contribution in [-0.4, -0.2) is 0 Å². The van der Waals surface area contributed by atoms with Gasteiger partial charge in [0.15, 0.2) is 0 Å². The molecule has 1 atom stereocenters. The molecule has 0 spiro atoms. The Morgan fingerprint density at radius 3 is 2.50 bits per heavy atom. The molecule has 1 N–H and O–H groups in total. The van der Waals surface area contributed by atoms with Crippen LogP contribution >= 0.6 is 0 Å². The standard InChI is InChI=1S/C15H18FNO/c1-10-6-13(7-11(2)15(10)16)8-17-12(3)14-4-5-18-9-14/h4-7,9,12,17H,8H2,1-3H3. The number of nitrogens with one attached hydrogen (secondary N) is 1. The molecule has 2 nitrogen and oxygen atoms in total. The lowest BCUT2D eigenvalue weighted by atomic mass is 10.1. The van der Waals surface area contributed by atoms with E-state index in [9.17, 15) is 4.39 Å². The van der Waals surface area contributed by atoms with Crippen molar-refractivity contribution in [3.63, 3.8) is 0 Å². The summed E-state index contributed by atoms with van der Waals surface area (Å²) in [4.78, 5) is 0. The molecule has 0 aliphatic heterocycles. The van der Waals surface area contributed by atoms with Crippen molar-refractivity contribution in [2.75, 3.05) is 0 Å². The van der Waals surface area contributed by atoms with E-state index in [4.69, 9.17) is 4.42 Å². The number of halogens is 1. The Morgan fingerprint density at radius 1 is 1.28 bits per heavy atom. The highest BCUT2D eigenvalue weighted by Gasteiger charge is 2.08. The molecule has 0 saturated heterocycles. The average Bonchev–Trinajstić information content (AvgIpc) is 2.86. The van der Waals surface area contributed by atoms with Crippen LogP contribution in [0.1, 0.15) is 35.2 Å². The number of furan rings is 1. The SMILES string of the molecule is Cc1cc(CNC(C)c2ccoc2)cc(C)c1F. The fourth-order valence-electron chi connectivity index (χ4n) is 2.05. The minimum Gasteiger partial charge on any atom is -0.472 e. The molecule has 0 aliphatic rings. The van der Waals surface area contributed by atoms with Gasteiger partial charge in [0.25, 0.3) is 0 Å². The van der Waals surface area contributed by atoms with E-state index in [1.807, 2.05) is 18.2 Å². The minimum absolute atomic E-state index is 0.110. The van der Waals surface area contributed by atoms with Crippen molar-refractivity contribution in [1.82, 2.24) is 5.32 Å². The zero-order chi connectivity index (χ0) is 13.1. The molecule has 1 unspecified atom stereocenters. The van der Waals surface area contributed by atoms with Crippen LogP contribution in [0.25, 0.3) is 0 Å². The second-order valence-corrected chi connectivity index (χ2v) is 4.70. The largest absolute Gasteiger partial charge is 0.472 e. The highest BCUT2D eigenvalue weighted by Crippen LogP contribution is 2.17. The summed E-state index contributed by atoms with van der Waals surface area (Å²) in [6.45, 7) is 6.39. The van der Waals surface area contributed by atoms with Gasteiger partial charge >= 0.3 is 0 Å². The van der Waals surface area contributed by atoms with Crippen LogP contribution in [0, 0.1) is 19.7 Å². The maximum atomic E-state index is 13.5. The van der Waals surface area contributed by atoms with Crippen molar-refractivity contribution in [2.24, 2.45) is 0 Å². The van der Waals surface area contributed by atoms with Crippen molar-refractivity contribution in [3.8, 4) is 0 Å². The third-order valence-electron chi connectivity index (χ3n) is 3.15. The van der Waals surface area contributed by atoms with Crippen LogP contribution < -0.4 is 5.32 Å². The maximum Gasteiger partial charge on any atom is 0.129 e. The summed E-state index contributed by atoms with van der Waals surface area (Å²) in [5, 5.41) is 3.39. The monoisotopic (exact) mass is 247 g/mol. The summed E-state index contributed by atoms with van der Waals surface area (Å²) in [6.07, 6.45) is 3.40. The lowest BCUT2D eigenvalue weighted by Gasteiger charge is -2.13. The molecule has 96 valence electrons. The third kappa shape index (κ3) is 2.79. The Labute approximate surface area is 107 Å². The molecule has 1 heterocycles. The van der Waals surface area contributed by atoms with Crippen LogP contribution in [0.2, 0.25) is 0 Å². The highest BCUT2D eigenvalue weighted by atomic mass is 19.1. The van der Waals surface area contributed by atoms with Crippen LogP contribution in [0.3, 0.4) is 0 Å². The quantitative estimate of drug-likeness (QED) is 0.886. The van der Waals surface area contributed by atoms with E-state index in [0.717, 1.165) is 11.1 Å². The first-order chi connectivity index (χ1) is 8.58. The second kappa shape index (κ2) is 5.36. The first kappa shape index (κ1) is 12.8. The zero-order valence-corrected chi connectivity index (χ0v) is 11.0. The molecule has 0 saturated carbocycles. The number of aryl methyl sites for hydroxylation is 2. The van der Waals surface area contributed by atoms with E-state index in [0.29, 0.717) is 17.7 Å². The smallest absolute Gasteiger partial charge is 0.129 e. The minimum atomic E-state index is -0.110. The Bertz CT molecular complexity index is 496. The molecule has 1 aromatic heterocycles. The van der Waals surface area contributed by atoms with Gasteiger partial charge in [0.05, 0.1) is 12.5 Å². The van der Waals surface area contributed by atoms with Crippen molar-refractivity contribution >= 4 is 0 Å². The fourth-order valence-corrected chi connectivity index (χ4v) is 2.05. The number of rotatable bonds is 4. The summed E-state index contributed by atoms with van der Waals surface area (Å²) in [6, 6.07) is 5.93. The van der Waals surface area contributed by atoms with Gasteiger partial charge in [-0.1, -0.05) is 12.1 Å². The van der Waals surface area contributed by atoms with Crippen LogP contribution in [0.15, 0.2) is 35.1 Å². The highest BCUT2D eigenvalue weighted by molar-refractivity contribution is 5.30. The topological polar surface area (TPSA) is 25.2 Å². The third-order valence-corrected chi connectivity index (χ3v) is 3.15. The molecular formula is C15H18FNO. The Morgan fingerprint density at radius 2 is 1.94 bits per heavy atom. The Balaban J connectivity index is 2.02. The molecule has 3 heteroatoms. The zero-order valence-electron chi connectivity index (χ0n) is 11.0. The van der Waals surface area contributed by atoms with Gasteiger partial charge in [0.1, 0.15) is 5.82 Å². The van der Waals surface area contributed by atoms with E-state index in [1.165, 1.54) is 0 Å². The number of hydrogen-bond acceptors (Lipinski definition) is 2. The van der Waals surface area contributed by atoms with Crippen LogP contribution in [-0.2, 0) is 6.54 Å². The van der Waals surface area contributed by atoms with Crippen LogP contribution in [0.5, 0.6) is 0 Å². The predicted molar refractivity (Wildman–Crippen MR) is 69.8 cm³/mol. The molecule has 0 radical (unpaired) electrons. The van der Waals surface area contributed by atoms with E-state index >= 15 is 0 Å². The second-order valence-electron chi connectivity index (χ2n) is 4.70. The molecule has 1 aromatic carbocycles. The molecule has 2 aromatic rings. The average molecular weight is 247 g/mol. The van der Waals surface area contributed by atoms with E-state index in [2.05, 4.69) is 12.2 Å². The number of benzene rings is 1. The first-order valence-electron chi connectivity index (χ1n) is 6.09.